The van der Waals surface area contributed by atoms with Crippen LogP contribution in [0.3, 0.4) is 0 Å². The molecule has 0 aromatic carbocycles. The Morgan fingerprint density at radius 3 is 2.38 bits per heavy atom. The Bertz CT molecular complexity index is 888. The number of aliphatic carboxylic acids is 1. The van der Waals surface area contributed by atoms with Crippen molar-refractivity contribution in [3.05, 3.63) is 34.9 Å². The third-order valence-electron chi connectivity index (χ3n) is 4.34. The second kappa shape index (κ2) is 8.64. The zero-order chi connectivity index (χ0) is 21.9. The van der Waals surface area contributed by atoms with Crippen molar-refractivity contribution in [3.63, 3.8) is 0 Å². The fourth-order valence-electron chi connectivity index (χ4n) is 2.95. The van der Waals surface area contributed by atoms with Gasteiger partial charge in [0.1, 0.15) is 0 Å². The summed E-state index contributed by atoms with van der Waals surface area (Å²) in [5, 5.41) is 15.8. The third kappa shape index (κ3) is 5.56. The summed E-state index contributed by atoms with van der Waals surface area (Å²) in [6.45, 7) is 2.62. The van der Waals surface area contributed by atoms with E-state index in [0.717, 1.165) is 37.3 Å². The van der Waals surface area contributed by atoms with Crippen LogP contribution in [0.4, 0.5) is 13.2 Å². The SMILES string of the molecule is CN(C)C(=O)c1nn(C)c2c1CCN(Cc1cnn(C)c1)C2.O=C(O)C(F)(F)F. The first-order valence-corrected chi connectivity index (χ1v) is 8.66. The molecule has 1 N–H and O–H groups in total. The molecular formula is C17H23F3N6O3. The maximum Gasteiger partial charge on any atom is 0.490 e. The molecule has 0 saturated heterocycles. The second-order valence-corrected chi connectivity index (χ2v) is 6.88. The number of nitrogens with zero attached hydrogens (tertiary/aromatic N) is 6. The van der Waals surface area contributed by atoms with Gasteiger partial charge < -0.3 is 10.0 Å². The van der Waals surface area contributed by atoms with Crippen molar-refractivity contribution in [2.75, 3.05) is 20.6 Å². The highest BCUT2D eigenvalue weighted by Crippen LogP contribution is 2.23. The standard InChI is InChI=1S/C15H22N6O.C2HF3O2/c1-18(2)15(22)14-12-5-6-21(10-13(12)20(4)17-14)9-11-7-16-19(3)8-11;3-2(4,5)1(6)7/h7-8H,5-6,9-10H2,1-4H3;(H,6,7). The Morgan fingerprint density at radius 1 is 1.28 bits per heavy atom. The minimum atomic E-state index is -5.08. The average molecular weight is 416 g/mol. The Labute approximate surface area is 165 Å². The van der Waals surface area contributed by atoms with E-state index >= 15 is 0 Å². The van der Waals surface area contributed by atoms with Crippen LogP contribution in [0.15, 0.2) is 12.4 Å². The Morgan fingerprint density at radius 2 is 1.90 bits per heavy atom. The van der Waals surface area contributed by atoms with Crippen LogP contribution >= 0.6 is 0 Å². The maximum absolute atomic E-state index is 12.2. The number of alkyl halides is 3. The zero-order valence-electron chi connectivity index (χ0n) is 16.6. The molecule has 0 radical (unpaired) electrons. The van der Waals surface area contributed by atoms with Crippen LogP contribution in [0, 0.1) is 0 Å². The Hall–Kier alpha value is -2.89. The highest BCUT2D eigenvalue weighted by molar-refractivity contribution is 5.93. The summed E-state index contributed by atoms with van der Waals surface area (Å²) < 4.78 is 35.4. The molecule has 1 amide bonds. The fraction of sp³-hybridized carbons (Fsp3) is 0.529. The molecule has 12 heteroatoms. The maximum atomic E-state index is 12.2. The van der Waals surface area contributed by atoms with Crippen molar-refractivity contribution in [2.45, 2.75) is 25.7 Å². The summed E-state index contributed by atoms with van der Waals surface area (Å²) in [5.41, 5.74) is 4.05. The monoisotopic (exact) mass is 416 g/mol. The van der Waals surface area contributed by atoms with Crippen LogP contribution in [0.2, 0.25) is 0 Å². The number of halogens is 3. The molecule has 0 saturated carbocycles. The van der Waals surface area contributed by atoms with Gasteiger partial charge in [-0.3, -0.25) is 19.1 Å². The van der Waals surface area contributed by atoms with E-state index < -0.39 is 12.1 Å². The first kappa shape index (κ1) is 22.4. The van der Waals surface area contributed by atoms with Crippen LogP contribution in [0.5, 0.6) is 0 Å². The topological polar surface area (TPSA) is 96.5 Å². The molecule has 160 valence electrons. The van der Waals surface area contributed by atoms with Crippen molar-refractivity contribution < 1.29 is 27.9 Å². The number of carboxylic acids is 1. The molecule has 0 bridgehead atoms. The fourth-order valence-corrected chi connectivity index (χ4v) is 2.95. The van der Waals surface area contributed by atoms with Gasteiger partial charge in [-0.1, -0.05) is 0 Å². The molecule has 29 heavy (non-hydrogen) atoms. The lowest BCUT2D eigenvalue weighted by molar-refractivity contribution is -0.192. The van der Waals surface area contributed by atoms with Gasteiger partial charge in [-0.15, -0.1) is 0 Å². The summed E-state index contributed by atoms with van der Waals surface area (Å²) >= 11 is 0. The number of hydrogen-bond acceptors (Lipinski definition) is 5. The van der Waals surface area contributed by atoms with Crippen LogP contribution in [0.25, 0.3) is 0 Å². The summed E-state index contributed by atoms with van der Waals surface area (Å²) in [6, 6.07) is 0. The van der Waals surface area contributed by atoms with Crippen LogP contribution in [0.1, 0.15) is 27.3 Å². The molecular weight excluding hydrogens is 393 g/mol. The number of aromatic nitrogens is 4. The van der Waals surface area contributed by atoms with Crippen molar-refractivity contribution in [2.24, 2.45) is 14.1 Å². The van der Waals surface area contributed by atoms with E-state index in [-0.39, 0.29) is 5.91 Å². The first-order chi connectivity index (χ1) is 13.4. The van der Waals surface area contributed by atoms with Gasteiger partial charge in [0, 0.05) is 65.1 Å². The van der Waals surface area contributed by atoms with E-state index in [4.69, 9.17) is 9.90 Å². The molecule has 0 aliphatic carbocycles. The Balaban J connectivity index is 0.000000370. The summed E-state index contributed by atoms with van der Waals surface area (Å²) in [7, 11) is 7.37. The van der Waals surface area contributed by atoms with Crippen LogP contribution in [-0.4, -0.2) is 73.2 Å². The lowest BCUT2D eigenvalue weighted by Gasteiger charge is -2.27. The number of carbonyl (C=O) groups is 2. The highest BCUT2D eigenvalue weighted by Gasteiger charge is 2.38. The van der Waals surface area contributed by atoms with Crippen molar-refractivity contribution in [1.29, 1.82) is 0 Å². The number of carbonyl (C=O) groups excluding carboxylic acids is 1. The van der Waals surface area contributed by atoms with E-state index in [2.05, 4.69) is 15.1 Å². The summed E-state index contributed by atoms with van der Waals surface area (Å²) in [6.07, 6.45) is -0.280. The van der Waals surface area contributed by atoms with E-state index in [0.29, 0.717) is 5.69 Å². The van der Waals surface area contributed by atoms with Crippen molar-refractivity contribution in [3.8, 4) is 0 Å². The number of amides is 1. The van der Waals surface area contributed by atoms with Gasteiger partial charge in [-0.2, -0.15) is 23.4 Å². The number of rotatable bonds is 3. The Kier molecular flexibility index (Phi) is 6.67. The highest BCUT2D eigenvalue weighted by atomic mass is 19.4. The molecule has 0 atom stereocenters. The van der Waals surface area contributed by atoms with Gasteiger partial charge in [-0.25, -0.2) is 4.79 Å². The van der Waals surface area contributed by atoms with Crippen LogP contribution in [-0.2, 0) is 38.4 Å². The molecule has 1 aliphatic rings. The van der Waals surface area contributed by atoms with E-state index in [1.54, 1.807) is 19.0 Å². The normalized spacial score (nSPS) is 14.0. The molecule has 2 aromatic rings. The van der Waals surface area contributed by atoms with Gasteiger partial charge in [0.2, 0.25) is 0 Å². The smallest absolute Gasteiger partial charge is 0.475 e. The first-order valence-electron chi connectivity index (χ1n) is 8.66. The van der Waals surface area contributed by atoms with Crippen molar-refractivity contribution >= 4 is 11.9 Å². The number of fused-ring (bicyclic) bond motifs is 1. The van der Waals surface area contributed by atoms with Gasteiger partial charge in [0.25, 0.3) is 5.91 Å². The number of aryl methyl sites for hydroxylation is 2. The minimum Gasteiger partial charge on any atom is -0.475 e. The minimum absolute atomic E-state index is 0.0161. The summed E-state index contributed by atoms with van der Waals surface area (Å²) in [4.78, 5) is 25.1. The average Bonchev–Trinajstić information content (AvgIpc) is 3.17. The summed E-state index contributed by atoms with van der Waals surface area (Å²) in [5.74, 6) is -2.77. The zero-order valence-corrected chi connectivity index (χ0v) is 16.6. The lowest BCUT2D eigenvalue weighted by Crippen LogP contribution is -2.31. The van der Waals surface area contributed by atoms with Gasteiger partial charge >= 0.3 is 12.1 Å². The number of carboxylic acid groups (broad SMARTS) is 1. The quantitative estimate of drug-likeness (QED) is 0.804. The molecule has 3 heterocycles. The molecule has 9 nitrogen and oxygen atoms in total. The molecule has 0 unspecified atom stereocenters. The predicted octanol–water partition coefficient (Wildman–Crippen LogP) is 1.05. The third-order valence-corrected chi connectivity index (χ3v) is 4.34. The van der Waals surface area contributed by atoms with Crippen molar-refractivity contribution in [1.82, 2.24) is 29.4 Å². The molecule has 2 aromatic heterocycles. The second-order valence-electron chi connectivity index (χ2n) is 6.88. The largest absolute Gasteiger partial charge is 0.490 e. The van der Waals surface area contributed by atoms with E-state index in [9.17, 15) is 18.0 Å². The molecule has 3 rings (SSSR count). The molecule has 1 aliphatic heterocycles. The van der Waals surface area contributed by atoms with Crippen LogP contribution < -0.4 is 0 Å². The van der Waals surface area contributed by atoms with E-state index in [1.807, 2.05) is 35.9 Å². The van der Waals surface area contributed by atoms with Gasteiger partial charge in [-0.05, 0) is 6.42 Å². The number of hydrogen-bond donors (Lipinski definition) is 1. The predicted molar refractivity (Wildman–Crippen MR) is 95.9 cm³/mol. The van der Waals surface area contributed by atoms with Gasteiger partial charge in [0.15, 0.2) is 5.69 Å². The molecule has 0 fully saturated rings. The lowest BCUT2D eigenvalue weighted by atomic mass is 10.0. The van der Waals surface area contributed by atoms with Gasteiger partial charge in [0.05, 0.1) is 11.9 Å². The molecule has 0 spiro atoms. The van der Waals surface area contributed by atoms with E-state index in [1.165, 1.54) is 5.56 Å².